The number of ether oxygens (including phenoxy) is 1. The van der Waals surface area contributed by atoms with Gasteiger partial charge in [0.25, 0.3) is 0 Å². The zero-order valence-electron chi connectivity index (χ0n) is 18.2. The van der Waals surface area contributed by atoms with Gasteiger partial charge in [-0.05, 0) is 43.2 Å². The van der Waals surface area contributed by atoms with Crippen molar-refractivity contribution in [2.75, 3.05) is 20.2 Å². The number of piperidine rings is 1. The zero-order valence-corrected chi connectivity index (χ0v) is 18.2. The number of rotatable bonds is 8. The summed E-state index contributed by atoms with van der Waals surface area (Å²) < 4.78 is 24.2. The summed E-state index contributed by atoms with van der Waals surface area (Å²) in [4.78, 5) is 19.0. The Hall–Kier alpha value is -3.19. The van der Waals surface area contributed by atoms with Gasteiger partial charge >= 0.3 is 0 Å². The number of methoxy groups -OCH3 is 1. The van der Waals surface area contributed by atoms with Crippen molar-refractivity contribution < 1.29 is 18.3 Å². The number of likely N-dealkylation sites (tertiary alicyclic amines) is 1. The van der Waals surface area contributed by atoms with Crippen LogP contribution in [0, 0.1) is 5.82 Å². The number of nitrogens with one attached hydrogen (secondary N) is 1. The number of aryl methyl sites for hydroxylation is 1. The highest BCUT2D eigenvalue weighted by Crippen LogP contribution is 2.22. The summed E-state index contributed by atoms with van der Waals surface area (Å²) in [6.45, 7) is 2.72. The predicted octanol–water partition coefficient (Wildman–Crippen LogP) is 4.20. The number of hydrogen-bond acceptors (Lipinski definition) is 5. The highest BCUT2D eigenvalue weighted by molar-refractivity contribution is 5.76. The third-order valence-electron chi connectivity index (χ3n) is 5.79. The van der Waals surface area contributed by atoms with Gasteiger partial charge in [0.05, 0.1) is 13.3 Å². The second-order valence-corrected chi connectivity index (χ2v) is 8.05. The van der Waals surface area contributed by atoms with Crippen molar-refractivity contribution in [1.29, 1.82) is 0 Å². The molecule has 7 heteroatoms. The fourth-order valence-electron chi connectivity index (χ4n) is 4.00. The number of hydrogen-bond donors (Lipinski definition) is 1. The van der Waals surface area contributed by atoms with Gasteiger partial charge in [0.1, 0.15) is 11.6 Å². The molecule has 4 rings (SSSR count). The molecule has 0 radical (unpaired) electrons. The number of para-hydroxylation sites is 1. The molecule has 168 valence electrons. The maximum absolute atomic E-state index is 13.1. The first kappa shape index (κ1) is 22.0. The molecule has 2 heterocycles. The van der Waals surface area contributed by atoms with E-state index < -0.39 is 0 Å². The van der Waals surface area contributed by atoms with E-state index in [-0.39, 0.29) is 17.8 Å². The van der Waals surface area contributed by atoms with Crippen LogP contribution in [0.1, 0.15) is 30.7 Å². The number of nitrogens with zero attached hydrogens (tertiary/aromatic N) is 2. The highest BCUT2D eigenvalue weighted by Gasteiger charge is 2.21. The molecule has 3 aromatic rings. The Bertz CT molecular complexity index is 1030. The number of carbonyl (C=O) groups is 1. The summed E-state index contributed by atoms with van der Waals surface area (Å²) >= 11 is 0. The molecule has 32 heavy (non-hydrogen) atoms. The van der Waals surface area contributed by atoms with Crippen LogP contribution in [0.5, 0.6) is 5.75 Å². The van der Waals surface area contributed by atoms with E-state index in [2.05, 4.69) is 21.3 Å². The average Bonchev–Trinajstić information content (AvgIpc) is 3.29. The van der Waals surface area contributed by atoms with E-state index >= 15 is 0 Å². The predicted molar refractivity (Wildman–Crippen MR) is 120 cm³/mol. The van der Waals surface area contributed by atoms with Crippen molar-refractivity contribution in [3.8, 4) is 17.1 Å². The summed E-state index contributed by atoms with van der Waals surface area (Å²) in [6, 6.07) is 14.3. The number of halogens is 1. The Morgan fingerprint density at radius 2 is 1.94 bits per heavy atom. The second-order valence-electron chi connectivity index (χ2n) is 8.05. The standard InChI is InChI=1S/C25H28FN3O3/c1-31-22-5-3-2-4-19(22)17-29-14-12-21(13-15-29)28-24(30)10-11-25-27-16-23(32-25)18-6-8-20(26)9-7-18/h2-9,16,21H,10-15,17H2,1H3,(H,28,30). The van der Waals surface area contributed by atoms with E-state index in [0.29, 0.717) is 24.5 Å². The van der Waals surface area contributed by atoms with Gasteiger partial charge in [-0.25, -0.2) is 9.37 Å². The van der Waals surface area contributed by atoms with Crippen molar-refractivity contribution in [1.82, 2.24) is 15.2 Å². The van der Waals surface area contributed by atoms with E-state index in [0.717, 1.165) is 43.8 Å². The van der Waals surface area contributed by atoms with Crippen molar-refractivity contribution >= 4 is 5.91 Å². The van der Waals surface area contributed by atoms with Crippen LogP contribution in [0.25, 0.3) is 11.3 Å². The minimum Gasteiger partial charge on any atom is -0.496 e. The van der Waals surface area contributed by atoms with Crippen LogP contribution >= 0.6 is 0 Å². The minimum atomic E-state index is -0.296. The summed E-state index contributed by atoms with van der Waals surface area (Å²) in [5.41, 5.74) is 1.94. The monoisotopic (exact) mass is 437 g/mol. The lowest BCUT2D eigenvalue weighted by Gasteiger charge is -2.32. The summed E-state index contributed by atoms with van der Waals surface area (Å²) in [7, 11) is 1.70. The van der Waals surface area contributed by atoms with E-state index in [4.69, 9.17) is 9.15 Å². The average molecular weight is 438 g/mol. The molecule has 1 N–H and O–H groups in total. The SMILES string of the molecule is COc1ccccc1CN1CCC(NC(=O)CCc2ncc(-c3ccc(F)cc3)o2)CC1. The molecule has 0 unspecified atom stereocenters. The number of oxazole rings is 1. The van der Waals surface area contributed by atoms with Crippen LogP contribution in [0.3, 0.4) is 0 Å². The Morgan fingerprint density at radius 1 is 1.19 bits per heavy atom. The maximum Gasteiger partial charge on any atom is 0.220 e. The molecule has 1 saturated heterocycles. The van der Waals surface area contributed by atoms with Crippen LogP contribution < -0.4 is 10.1 Å². The smallest absolute Gasteiger partial charge is 0.220 e. The molecule has 1 aliphatic heterocycles. The quantitative estimate of drug-likeness (QED) is 0.572. The van der Waals surface area contributed by atoms with Crippen LogP contribution in [0.2, 0.25) is 0 Å². The molecule has 0 spiro atoms. The normalized spacial score (nSPS) is 14.9. The molecule has 1 aliphatic rings. The van der Waals surface area contributed by atoms with Gasteiger partial charge in [-0.3, -0.25) is 9.69 Å². The van der Waals surface area contributed by atoms with E-state index in [1.54, 1.807) is 25.4 Å². The Kier molecular flexibility index (Phi) is 7.17. The molecule has 0 aliphatic carbocycles. The van der Waals surface area contributed by atoms with Crippen molar-refractivity contribution in [2.24, 2.45) is 0 Å². The van der Waals surface area contributed by atoms with Crippen molar-refractivity contribution in [3.63, 3.8) is 0 Å². The lowest BCUT2D eigenvalue weighted by Crippen LogP contribution is -2.44. The molecule has 0 bridgehead atoms. The molecular formula is C25H28FN3O3. The first-order chi connectivity index (χ1) is 15.6. The number of amides is 1. The van der Waals surface area contributed by atoms with Crippen LogP contribution in [0.15, 0.2) is 59.1 Å². The molecule has 0 saturated carbocycles. The molecular weight excluding hydrogens is 409 g/mol. The largest absolute Gasteiger partial charge is 0.496 e. The number of carbonyl (C=O) groups excluding carboxylic acids is 1. The Morgan fingerprint density at radius 3 is 2.69 bits per heavy atom. The fraction of sp³-hybridized carbons (Fsp3) is 0.360. The lowest BCUT2D eigenvalue weighted by molar-refractivity contribution is -0.122. The topological polar surface area (TPSA) is 67.6 Å². The number of benzene rings is 2. The van der Waals surface area contributed by atoms with Crippen molar-refractivity contribution in [3.05, 3.63) is 72.0 Å². The van der Waals surface area contributed by atoms with E-state index in [9.17, 15) is 9.18 Å². The van der Waals surface area contributed by atoms with Crippen LogP contribution in [0.4, 0.5) is 4.39 Å². The van der Waals surface area contributed by atoms with Crippen LogP contribution in [-0.2, 0) is 17.8 Å². The summed E-state index contributed by atoms with van der Waals surface area (Å²) in [5.74, 6) is 1.71. The zero-order chi connectivity index (χ0) is 22.3. The molecule has 6 nitrogen and oxygen atoms in total. The second kappa shape index (κ2) is 10.4. The summed E-state index contributed by atoms with van der Waals surface area (Å²) in [5, 5.41) is 3.14. The van der Waals surface area contributed by atoms with Gasteiger partial charge in [-0.1, -0.05) is 18.2 Å². The third-order valence-corrected chi connectivity index (χ3v) is 5.79. The maximum atomic E-state index is 13.1. The van der Waals surface area contributed by atoms with Gasteiger partial charge in [0.2, 0.25) is 5.91 Å². The molecule has 0 atom stereocenters. The first-order valence-electron chi connectivity index (χ1n) is 10.9. The molecule has 1 fully saturated rings. The van der Waals surface area contributed by atoms with E-state index in [1.807, 2.05) is 18.2 Å². The molecule has 2 aromatic carbocycles. The highest BCUT2D eigenvalue weighted by atomic mass is 19.1. The Labute approximate surface area is 187 Å². The van der Waals surface area contributed by atoms with Gasteiger partial charge in [0, 0.05) is 49.6 Å². The minimum absolute atomic E-state index is 0.00899. The van der Waals surface area contributed by atoms with Gasteiger partial charge in [-0.2, -0.15) is 0 Å². The molecule has 1 amide bonds. The fourth-order valence-corrected chi connectivity index (χ4v) is 4.00. The van der Waals surface area contributed by atoms with Gasteiger partial charge < -0.3 is 14.5 Å². The van der Waals surface area contributed by atoms with Crippen molar-refractivity contribution in [2.45, 2.75) is 38.3 Å². The summed E-state index contributed by atoms with van der Waals surface area (Å²) in [6.07, 6.45) is 4.21. The van der Waals surface area contributed by atoms with Crippen LogP contribution in [-0.4, -0.2) is 42.0 Å². The number of aromatic nitrogens is 1. The Balaban J connectivity index is 1.20. The molecule has 1 aromatic heterocycles. The third kappa shape index (κ3) is 5.73. The van der Waals surface area contributed by atoms with E-state index in [1.165, 1.54) is 17.7 Å². The van der Waals surface area contributed by atoms with Gasteiger partial charge in [-0.15, -0.1) is 0 Å². The first-order valence-corrected chi connectivity index (χ1v) is 10.9. The van der Waals surface area contributed by atoms with Gasteiger partial charge in [0.15, 0.2) is 11.7 Å². The lowest BCUT2D eigenvalue weighted by atomic mass is 10.0.